The van der Waals surface area contributed by atoms with Gasteiger partial charge in [0.1, 0.15) is 18.1 Å². The normalized spacial score (nSPS) is 33.1. The van der Waals surface area contributed by atoms with Crippen molar-refractivity contribution >= 4 is 34.5 Å². The molecule has 0 aliphatic carbocycles. The number of amides is 1. The van der Waals surface area contributed by atoms with Crippen molar-refractivity contribution in [2.24, 2.45) is 11.8 Å². The van der Waals surface area contributed by atoms with E-state index in [4.69, 9.17) is 25.0 Å². The number of hydrogen-bond donors (Lipinski definition) is 1. The second-order valence-electron chi connectivity index (χ2n) is 5.80. The van der Waals surface area contributed by atoms with E-state index >= 15 is 0 Å². The molecular formula is C13H21IN2O7. The largest absolute Gasteiger partial charge is 0.468 e. The van der Waals surface area contributed by atoms with Gasteiger partial charge in [-0.3, -0.25) is 9.59 Å². The topological polar surface area (TPSA) is 110 Å². The van der Waals surface area contributed by atoms with Crippen LogP contribution in [0.5, 0.6) is 0 Å². The van der Waals surface area contributed by atoms with Gasteiger partial charge in [0.05, 0.1) is 13.2 Å². The first-order chi connectivity index (χ1) is 10.8. The summed E-state index contributed by atoms with van der Waals surface area (Å²) in [5.74, 6) is 1.99. The van der Waals surface area contributed by atoms with Gasteiger partial charge >= 0.3 is 5.97 Å². The molecule has 0 aromatic heterocycles. The van der Waals surface area contributed by atoms with E-state index in [9.17, 15) is 9.59 Å². The van der Waals surface area contributed by atoms with Crippen LogP contribution in [0.15, 0.2) is 0 Å². The van der Waals surface area contributed by atoms with Crippen LogP contribution in [-0.2, 0) is 33.5 Å². The number of carbonyl (C=O) groups is 2. The van der Waals surface area contributed by atoms with E-state index in [0.29, 0.717) is 4.43 Å². The molecule has 2 rings (SSSR count). The Labute approximate surface area is 147 Å². The summed E-state index contributed by atoms with van der Waals surface area (Å²) in [4.78, 5) is 28.7. The zero-order valence-corrected chi connectivity index (χ0v) is 15.5. The molecule has 2 aliphatic rings. The van der Waals surface area contributed by atoms with Crippen molar-refractivity contribution in [3.63, 3.8) is 0 Å². The quantitative estimate of drug-likeness (QED) is 0.209. The van der Waals surface area contributed by atoms with Crippen LogP contribution in [0.2, 0.25) is 0 Å². The number of nitrogens with zero attached hydrogens (tertiary/aromatic N) is 1. The molecule has 10 heteroatoms. The van der Waals surface area contributed by atoms with E-state index in [1.807, 2.05) is 0 Å². The minimum atomic E-state index is -1.08. The molecule has 2 fully saturated rings. The first-order valence-electron chi connectivity index (χ1n) is 7.10. The average molecular weight is 444 g/mol. The van der Waals surface area contributed by atoms with Gasteiger partial charge in [-0.25, -0.2) is 0 Å². The van der Waals surface area contributed by atoms with Crippen molar-refractivity contribution in [2.45, 2.75) is 51.1 Å². The van der Waals surface area contributed by atoms with Crippen molar-refractivity contribution < 1.29 is 33.5 Å². The van der Waals surface area contributed by atoms with Crippen LogP contribution in [-0.4, -0.2) is 58.8 Å². The van der Waals surface area contributed by atoms with Crippen molar-refractivity contribution in [1.29, 1.82) is 0 Å². The number of halogens is 1. The van der Waals surface area contributed by atoms with Crippen molar-refractivity contribution in [3.05, 3.63) is 0 Å². The molecule has 132 valence electrons. The van der Waals surface area contributed by atoms with Gasteiger partial charge in [-0.1, -0.05) is 22.6 Å². The summed E-state index contributed by atoms with van der Waals surface area (Å²) in [7, 11) is 1.20. The number of hydrogen-bond acceptors (Lipinski definition) is 8. The highest BCUT2D eigenvalue weighted by Crippen LogP contribution is 2.40. The highest BCUT2D eigenvalue weighted by molar-refractivity contribution is 14.1. The highest BCUT2D eigenvalue weighted by atomic mass is 127. The maximum atomic E-state index is 12.4. The molecule has 0 bridgehead atoms. The van der Waals surface area contributed by atoms with Gasteiger partial charge in [-0.05, 0) is 20.8 Å². The number of hydroxylamine groups is 2. The fourth-order valence-electron chi connectivity index (χ4n) is 2.68. The zero-order valence-electron chi connectivity index (χ0n) is 13.4. The zero-order chi connectivity index (χ0) is 17.4. The number of fused-ring (bicyclic) bond motifs is 1. The monoisotopic (exact) mass is 444 g/mol. The standard InChI is InChI=1S/C13H21IN2O7/c1-6(12(18)19-4)10(17)16(23-15)11-9-8(7(5-14)20-11)21-13(2,3)22-9/h6-9,11H,5,15H2,1-4H3/t6?,7-,8-,9-,11?/m1/s1. The minimum absolute atomic E-state index is 0.286. The Morgan fingerprint density at radius 3 is 2.48 bits per heavy atom. The Balaban J connectivity index is 2.20. The second-order valence-corrected chi connectivity index (χ2v) is 6.68. The molecule has 0 saturated carbocycles. The lowest BCUT2D eigenvalue weighted by Crippen LogP contribution is -2.51. The Bertz CT molecular complexity index is 475. The molecule has 2 unspecified atom stereocenters. The Morgan fingerprint density at radius 2 is 1.96 bits per heavy atom. The SMILES string of the molecule is COC(=O)C(C)C(=O)N(ON)C1O[C@H](CI)[C@H]2OC(C)(C)O[C@@H]12. The number of ether oxygens (including phenoxy) is 4. The number of alkyl halides is 1. The highest BCUT2D eigenvalue weighted by Gasteiger charge is 2.58. The molecule has 0 spiro atoms. The van der Waals surface area contributed by atoms with Gasteiger partial charge in [0, 0.05) is 4.43 Å². The molecular weight excluding hydrogens is 423 g/mol. The summed E-state index contributed by atoms with van der Waals surface area (Å²) >= 11 is 2.16. The number of carbonyl (C=O) groups excluding carboxylic acids is 2. The first-order valence-corrected chi connectivity index (χ1v) is 8.63. The Morgan fingerprint density at radius 1 is 1.35 bits per heavy atom. The van der Waals surface area contributed by atoms with Crippen LogP contribution >= 0.6 is 22.6 Å². The van der Waals surface area contributed by atoms with Gasteiger partial charge in [0.25, 0.3) is 5.91 Å². The van der Waals surface area contributed by atoms with Crippen LogP contribution in [0.25, 0.3) is 0 Å². The molecule has 9 nitrogen and oxygen atoms in total. The fraction of sp³-hybridized carbons (Fsp3) is 0.846. The second kappa shape index (κ2) is 7.15. The van der Waals surface area contributed by atoms with Crippen LogP contribution in [0.1, 0.15) is 20.8 Å². The smallest absolute Gasteiger partial charge is 0.318 e. The van der Waals surface area contributed by atoms with E-state index in [1.54, 1.807) is 13.8 Å². The summed E-state index contributed by atoms with van der Waals surface area (Å²) < 4.78 is 22.7. The Hall–Kier alpha value is -0.530. The lowest BCUT2D eigenvalue weighted by molar-refractivity contribution is -0.275. The molecule has 5 atom stereocenters. The van der Waals surface area contributed by atoms with Gasteiger partial charge in [-0.15, -0.1) is 0 Å². The predicted octanol–water partition coefficient (Wildman–Crippen LogP) is 0.109. The first kappa shape index (κ1) is 18.8. The van der Waals surface area contributed by atoms with E-state index in [0.717, 1.165) is 5.06 Å². The van der Waals surface area contributed by atoms with Crippen LogP contribution < -0.4 is 5.90 Å². The summed E-state index contributed by atoms with van der Waals surface area (Å²) in [6.07, 6.45) is -2.12. The van der Waals surface area contributed by atoms with Crippen LogP contribution in [0, 0.1) is 5.92 Å². The van der Waals surface area contributed by atoms with E-state index in [-0.39, 0.29) is 12.2 Å². The van der Waals surface area contributed by atoms with Gasteiger partial charge in [0.15, 0.2) is 12.0 Å². The minimum Gasteiger partial charge on any atom is -0.468 e. The third kappa shape index (κ3) is 3.61. The average Bonchev–Trinajstić information content (AvgIpc) is 3.00. The third-order valence-electron chi connectivity index (χ3n) is 3.76. The maximum Gasteiger partial charge on any atom is 0.318 e. The van der Waals surface area contributed by atoms with Gasteiger partial charge in [0.2, 0.25) is 0 Å². The van der Waals surface area contributed by atoms with E-state index in [2.05, 4.69) is 27.3 Å². The van der Waals surface area contributed by atoms with Gasteiger partial charge in [-0.2, -0.15) is 15.9 Å². The molecule has 2 saturated heterocycles. The molecule has 2 aliphatic heterocycles. The third-order valence-corrected chi connectivity index (χ3v) is 4.63. The summed E-state index contributed by atoms with van der Waals surface area (Å²) in [5, 5.41) is 0.816. The molecule has 2 N–H and O–H groups in total. The van der Waals surface area contributed by atoms with Crippen LogP contribution in [0.3, 0.4) is 0 Å². The number of methoxy groups -OCH3 is 1. The number of esters is 1. The number of nitrogens with two attached hydrogens (primary N) is 1. The fourth-order valence-corrected chi connectivity index (χ4v) is 3.39. The van der Waals surface area contributed by atoms with E-state index in [1.165, 1.54) is 14.0 Å². The molecule has 1 amide bonds. The van der Waals surface area contributed by atoms with Crippen LogP contribution in [0.4, 0.5) is 0 Å². The van der Waals surface area contributed by atoms with Crippen molar-refractivity contribution in [3.8, 4) is 0 Å². The summed E-state index contributed by atoms with van der Waals surface area (Å²) in [5.41, 5.74) is 0. The molecule has 0 aromatic rings. The van der Waals surface area contributed by atoms with Crippen molar-refractivity contribution in [2.75, 3.05) is 11.5 Å². The molecule has 23 heavy (non-hydrogen) atoms. The lowest BCUT2D eigenvalue weighted by atomic mass is 10.1. The van der Waals surface area contributed by atoms with E-state index < -0.39 is 35.9 Å². The maximum absolute atomic E-state index is 12.4. The summed E-state index contributed by atoms with van der Waals surface area (Å²) in [6.45, 7) is 4.96. The Kier molecular flexibility index (Phi) is 5.85. The number of rotatable bonds is 5. The van der Waals surface area contributed by atoms with Crippen molar-refractivity contribution in [1.82, 2.24) is 5.06 Å². The molecule has 2 heterocycles. The predicted molar refractivity (Wildman–Crippen MR) is 84.7 cm³/mol. The summed E-state index contributed by atoms with van der Waals surface area (Å²) in [6, 6.07) is 0. The molecule has 0 radical (unpaired) electrons. The lowest BCUT2D eigenvalue weighted by Gasteiger charge is -2.30. The molecule has 0 aromatic carbocycles. The van der Waals surface area contributed by atoms with Gasteiger partial charge < -0.3 is 18.9 Å².